The summed E-state index contributed by atoms with van der Waals surface area (Å²) in [6.45, 7) is 0. The molecule has 1 aliphatic carbocycles. The summed E-state index contributed by atoms with van der Waals surface area (Å²) in [5.41, 5.74) is -0.862. The van der Waals surface area contributed by atoms with Crippen molar-refractivity contribution in [3.8, 4) is 6.07 Å². The van der Waals surface area contributed by atoms with Crippen molar-refractivity contribution >= 4 is 17.3 Å². The average molecular weight is 261 g/mol. The van der Waals surface area contributed by atoms with Crippen LogP contribution in [-0.2, 0) is 4.79 Å². The van der Waals surface area contributed by atoms with Crippen molar-refractivity contribution in [3.63, 3.8) is 0 Å². The largest absolute Gasteiger partial charge is 0.480 e. The molecule has 1 aliphatic rings. The van der Waals surface area contributed by atoms with Crippen molar-refractivity contribution in [2.75, 3.05) is 5.32 Å². The number of carboxylic acid groups (broad SMARTS) is 1. The van der Waals surface area contributed by atoms with E-state index in [-0.39, 0.29) is 11.3 Å². The number of non-ortho nitro benzene ring substituents is 1. The Morgan fingerprint density at radius 1 is 1.53 bits per heavy atom. The molecule has 0 bridgehead atoms. The summed E-state index contributed by atoms with van der Waals surface area (Å²) >= 11 is 0. The predicted molar refractivity (Wildman–Crippen MR) is 65.7 cm³/mol. The number of aliphatic carboxylic acids is 1. The SMILES string of the molecule is N#Cc1cc([N+](=O)[O-])ccc1NC1(C(=O)O)CCC1. The van der Waals surface area contributed by atoms with E-state index in [1.54, 1.807) is 0 Å². The third-order valence-electron chi connectivity index (χ3n) is 3.32. The van der Waals surface area contributed by atoms with Crippen molar-refractivity contribution in [1.29, 1.82) is 5.26 Å². The zero-order chi connectivity index (χ0) is 14.0. The molecule has 1 saturated carbocycles. The molecule has 0 aliphatic heterocycles. The van der Waals surface area contributed by atoms with Crippen LogP contribution in [0.15, 0.2) is 18.2 Å². The van der Waals surface area contributed by atoms with Gasteiger partial charge in [-0.05, 0) is 25.3 Å². The van der Waals surface area contributed by atoms with Gasteiger partial charge in [-0.3, -0.25) is 10.1 Å². The van der Waals surface area contributed by atoms with E-state index in [0.717, 1.165) is 12.5 Å². The Balaban J connectivity index is 2.33. The van der Waals surface area contributed by atoms with Gasteiger partial charge in [-0.1, -0.05) is 0 Å². The van der Waals surface area contributed by atoms with Crippen molar-refractivity contribution in [2.24, 2.45) is 0 Å². The molecule has 2 N–H and O–H groups in total. The number of nitro benzene ring substituents is 1. The Hall–Kier alpha value is -2.62. The van der Waals surface area contributed by atoms with Crippen LogP contribution in [0.4, 0.5) is 11.4 Å². The van der Waals surface area contributed by atoms with E-state index < -0.39 is 16.4 Å². The molecule has 1 aromatic rings. The summed E-state index contributed by atoms with van der Waals surface area (Å²) in [7, 11) is 0. The number of nitrogens with zero attached hydrogens (tertiary/aromatic N) is 2. The molecule has 0 atom stereocenters. The summed E-state index contributed by atoms with van der Waals surface area (Å²) in [5, 5.41) is 31.6. The van der Waals surface area contributed by atoms with Gasteiger partial charge in [-0.25, -0.2) is 4.79 Å². The quantitative estimate of drug-likeness (QED) is 0.631. The van der Waals surface area contributed by atoms with Gasteiger partial charge in [0, 0.05) is 12.1 Å². The van der Waals surface area contributed by atoms with E-state index in [1.165, 1.54) is 12.1 Å². The first-order valence-corrected chi connectivity index (χ1v) is 5.69. The van der Waals surface area contributed by atoms with Gasteiger partial charge >= 0.3 is 5.97 Å². The minimum absolute atomic E-state index is 0.0710. The Labute approximate surface area is 108 Å². The second-order valence-electron chi connectivity index (χ2n) is 4.46. The number of benzene rings is 1. The number of hydrogen-bond acceptors (Lipinski definition) is 5. The number of nitriles is 1. The van der Waals surface area contributed by atoms with Crippen LogP contribution in [0.3, 0.4) is 0 Å². The highest BCUT2D eigenvalue weighted by Gasteiger charge is 2.44. The van der Waals surface area contributed by atoms with E-state index in [9.17, 15) is 20.0 Å². The van der Waals surface area contributed by atoms with Gasteiger partial charge in [0.2, 0.25) is 0 Å². The zero-order valence-corrected chi connectivity index (χ0v) is 9.92. The fourth-order valence-corrected chi connectivity index (χ4v) is 2.03. The lowest BCUT2D eigenvalue weighted by atomic mass is 9.76. The number of nitrogens with one attached hydrogen (secondary N) is 1. The van der Waals surface area contributed by atoms with Crippen molar-refractivity contribution in [2.45, 2.75) is 24.8 Å². The molecule has 0 spiro atoms. The van der Waals surface area contributed by atoms with E-state index in [1.807, 2.05) is 6.07 Å². The molecular formula is C12H11N3O4. The van der Waals surface area contributed by atoms with Gasteiger partial charge in [0.25, 0.3) is 5.69 Å². The first kappa shape index (κ1) is 12.8. The maximum atomic E-state index is 11.2. The lowest BCUT2D eigenvalue weighted by Crippen LogP contribution is -2.52. The fourth-order valence-electron chi connectivity index (χ4n) is 2.03. The van der Waals surface area contributed by atoms with Crippen LogP contribution in [0.25, 0.3) is 0 Å². The smallest absolute Gasteiger partial charge is 0.329 e. The van der Waals surface area contributed by atoms with E-state index in [2.05, 4.69) is 5.32 Å². The maximum absolute atomic E-state index is 11.2. The maximum Gasteiger partial charge on any atom is 0.329 e. The third-order valence-corrected chi connectivity index (χ3v) is 3.32. The summed E-state index contributed by atoms with van der Waals surface area (Å²) in [6, 6.07) is 5.60. The second kappa shape index (κ2) is 4.57. The summed E-state index contributed by atoms with van der Waals surface area (Å²) < 4.78 is 0. The first-order chi connectivity index (χ1) is 8.98. The lowest BCUT2D eigenvalue weighted by Gasteiger charge is -2.39. The molecule has 0 unspecified atom stereocenters. The van der Waals surface area contributed by atoms with Gasteiger partial charge in [-0.15, -0.1) is 0 Å². The highest BCUT2D eigenvalue weighted by Crippen LogP contribution is 2.36. The number of carbonyl (C=O) groups is 1. The summed E-state index contributed by atoms with van der Waals surface area (Å²) in [5.74, 6) is -0.971. The van der Waals surface area contributed by atoms with Gasteiger partial charge in [0.15, 0.2) is 0 Å². The Bertz CT molecular complexity index is 587. The van der Waals surface area contributed by atoms with Crippen LogP contribution in [0.5, 0.6) is 0 Å². The molecule has 98 valence electrons. The van der Waals surface area contributed by atoms with Gasteiger partial charge in [-0.2, -0.15) is 5.26 Å². The van der Waals surface area contributed by atoms with Crippen LogP contribution in [0.2, 0.25) is 0 Å². The minimum atomic E-state index is -1.05. The van der Waals surface area contributed by atoms with Crippen molar-refractivity contribution < 1.29 is 14.8 Å². The monoisotopic (exact) mass is 261 g/mol. The standard InChI is InChI=1S/C12H11N3O4/c13-7-8-6-9(15(18)19)2-3-10(8)14-12(11(16)17)4-1-5-12/h2-3,6,14H,1,4-5H2,(H,16,17). The zero-order valence-electron chi connectivity index (χ0n) is 9.92. The number of rotatable bonds is 4. The predicted octanol–water partition coefficient (Wildman–Crippen LogP) is 1.89. The Morgan fingerprint density at radius 2 is 2.21 bits per heavy atom. The summed E-state index contributed by atoms with van der Waals surface area (Å²) in [4.78, 5) is 21.3. The van der Waals surface area contributed by atoms with E-state index >= 15 is 0 Å². The van der Waals surface area contributed by atoms with Gasteiger partial charge in [0.05, 0.1) is 16.2 Å². The number of nitro groups is 1. The minimum Gasteiger partial charge on any atom is -0.480 e. The third kappa shape index (κ3) is 2.20. The highest BCUT2D eigenvalue weighted by molar-refractivity contribution is 5.84. The van der Waals surface area contributed by atoms with E-state index in [0.29, 0.717) is 18.5 Å². The molecule has 0 amide bonds. The Morgan fingerprint density at radius 3 is 2.63 bits per heavy atom. The van der Waals surface area contributed by atoms with Crippen LogP contribution < -0.4 is 5.32 Å². The van der Waals surface area contributed by atoms with Gasteiger partial charge < -0.3 is 10.4 Å². The molecule has 2 rings (SSSR count). The van der Waals surface area contributed by atoms with Gasteiger partial charge in [0.1, 0.15) is 11.6 Å². The topological polar surface area (TPSA) is 116 Å². The molecule has 0 radical (unpaired) electrons. The molecule has 19 heavy (non-hydrogen) atoms. The van der Waals surface area contributed by atoms with Crippen LogP contribution >= 0.6 is 0 Å². The van der Waals surface area contributed by atoms with Crippen LogP contribution in [-0.4, -0.2) is 21.5 Å². The molecular weight excluding hydrogens is 250 g/mol. The molecule has 7 heteroatoms. The highest BCUT2D eigenvalue weighted by atomic mass is 16.6. The number of hydrogen-bond donors (Lipinski definition) is 2. The lowest BCUT2D eigenvalue weighted by molar-refractivity contribution is -0.384. The van der Waals surface area contributed by atoms with E-state index in [4.69, 9.17) is 5.26 Å². The van der Waals surface area contributed by atoms with Crippen LogP contribution in [0.1, 0.15) is 24.8 Å². The first-order valence-electron chi connectivity index (χ1n) is 5.69. The van der Waals surface area contributed by atoms with Crippen molar-refractivity contribution in [3.05, 3.63) is 33.9 Å². The molecule has 1 fully saturated rings. The molecule has 7 nitrogen and oxygen atoms in total. The summed E-state index contributed by atoms with van der Waals surface area (Å²) in [6.07, 6.45) is 1.75. The van der Waals surface area contributed by atoms with Crippen LogP contribution in [0, 0.1) is 21.4 Å². The molecule has 1 aromatic carbocycles. The Kier molecular flexibility index (Phi) is 3.09. The normalized spacial score (nSPS) is 15.9. The number of anilines is 1. The molecule has 0 aromatic heterocycles. The fraction of sp³-hybridized carbons (Fsp3) is 0.333. The number of carboxylic acids is 1. The van der Waals surface area contributed by atoms with Crippen molar-refractivity contribution in [1.82, 2.24) is 0 Å². The molecule has 0 saturated heterocycles. The molecule has 0 heterocycles. The average Bonchev–Trinajstić information content (AvgIpc) is 2.33. The second-order valence-corrected chi connectivity index (χ2v) is 4.46.